The normalized spacial score (nSPS) is 21.6. The average molecular weight is 339 g/mol. The van der Waals surface area contributed by atoms with Gasteiger partial charge in [-0.2, -0.15) is 0 Å². The summed E-state index contributed by atoms with van der Waals surface area (Å²) in [6, 6.07) is 8.77. The number of hydrogen-bond donors (Lipinski definition) is 0. The Bertz CT molecular complexity index is 778. The molecule has 0 aliphatic carbocycles. The van der Waals surface area contributed by atoms with Gasteiger partial charge >= 0.3 is 0 Å². The molecule has 0 saturated carbocycles. The van der Waals surface area contributed by atoms with Gasteiger partial charge in [0.1, 0.15) is 5.76 Å². The molecule has 132 valence electrons. The van der Waals surface area contributed by atoms with Gasteiger partial charge in [-0.05, 0) is 51.8 Å². The minimum Gasteiger partial charge on any atom is -0.361 e. The van der Waals surface area contributed by atoms with Crippen molar-refractivity contribution < 1.29 is 9.32 Å². The van der Waals surface area contributed by atoms with E-state index in [1.165, 1.54) is 12.0 Å². The summed E-state index contributed by atoms with van der Waals surface area (Å²) in [4.78, 5) is 18.0. The average Bonchev–Trinajstić information content (AvgIpc) is 3.14. The van der Waals surface area contributed by atoms with E-state index in [1.54, 1.807) is 0 Å². The van der Waals surface area contributed by atoms with E-state index >= 15 is 0 Å². The molecule has 2 atom stereocenters. The molecule has 0 bridgehead atoms. The van der Waals surface area contributed by atoms with Crippen molar-refractivity contribution in [1.82, 2.24) is 10.1 Å². The molecule has 5 nitrogen and oxygen atoms in total. The van der Waals surface area contributed by atoms with Crippen molar-refractivity contribution in [1.29, 1.82) is 0 Å². The fourth-order valence-corrected chi connectivity index (χ4v) is 4.42. The van der Waals surface area contributed by atoms with Crippen molar-refractivity contribution >= 4 is 11.6 Å². The maximum Gasteiger partial charge on any atom is 0.234 e. The van der Waals surface area contributed by atoms with Gasteiger partial charge in [0, 0.05) is 30.4 Å². The van der Waals surface area contributed by atoms with E-state index in [0.717, 1.165) is 48.8 Å². The third-order valence-corrected chi connectivity index (χ3v) is 5.71. The molecule has 1 fully saturated rings. The van der Waals surface area contributed by atoms with Crippen molar-refractivity contribution in [3.05, 3.63) is 46.8 Å². The summed E-state index contributed by atoms with van der Waals surface area (Å²) in [5.41, 5.74) is 4.03. The minimum absolute atomic E-state index is 0.135. The highest BCUT2D eigenvalue weighted by atomic mass is 16.5. The maximum atomic E-state index is 13.4. The zero-order valence-electron chi connectivity index (χ0n) is 15.2. The van der Waals surface area contributed by atoms with Crippen molar-refractivity contribution in [3.63, 3.8) is 0 Å². The maximum absolute atomic E-state index is 13.4. The second-order valence-electron chi connectivity index (χ2n) is 7.30. The monoisotopic (exact) mass is 339 g/mol. The second-order valence-corrected chi connectivity index (χ2v) is 7.30. The Labute approximate surface area is 148 Å². The molecule has 0 unspecified atom stereocenters. The Morgan fingerprint density at radius 3 is 2.88 bits per heavy atom. The number of amides is 1. The van der Waals surface area contributed by atoms with Crippen LogP contribution < -0.4 is 4.90 Å². The van der Waals surface area contributed by atoms with Crippen LogP contribution >= 0.6 is 0 Å². The summed E-state index contributed by atoms with van der Waals surface area (Å²) < 4.78 is 5.29. The van der Waals surface area contributed by atoms with E-state index in [-0.39, 0.29) is 11.8 Å². The number of benzene rings is 1. The summed E-state index contributed by atoms with van der Waals surface area (Å²) >= 11 is 0. The smallest absolute Gasteiger partial charge is 0.234 e. The Hall–Kier alpha value is -2.14. The van der Waals surface area contributed by atoms with Gasteiger partial charge in [-0.15, -0.1) is 0 Å². The molecule has 1 saturated heterocycles. The van der Waals surface area contributed by atoms with Crippen LogP contribution in [0.3, 0.4) is 0 Å². The van der Waals surface area contributed by atoms with E-state index in [9.17, 15) is 4.79 Å². The molecule has 2 aliphatic heterocycles. The van der Waals surface area contributed by atoms with Gasteiger partial charge in [0.05, 0.1) is 11.6 Å². The lowest BCUT2D eigenvalue weighted by atomic mass is 9.97. The van der Waals surface area contributed by atoms with Gasteiger partial charge in [-0.25, -0.2) is 0 Å². The number of anilines is 1. The lowest BCUT2D eigenvalue weighted by Gasteiger charge is -2.28. The van der Waals surface area contributed by atoms with Gasteiger partial charge in [0.15, 0.2) is 0 Å². The summed E-state index contributed by atoms with van der Waals surface area (Å²) in [6.45, 7) is 8.59. The molecule has 4 rings (SSSR count). The van der Waals surface area contributed by atoms with Gasteiger partial charge in [-0.1, -0.05) is 23.4 Å². The SMILES string of the molecule is Cc1noc(C)c1[C@@H](C)C(=O)N1C[C@@H]2CCCN2Cc2ccccc21. The fraction of sp³-hybridized carbons (Fsp3) is 0.500. The van der Waals surface area contributed by atoms with Crippen molar-refractivity contribution in [2.45, 2.75) is 52.1 Å². The standard InChI is InChI=1S/C20H25N3O2/c1-13(19-14(2)21-25-15(19)3)20(24)23-12-17-8-6-10-22(17)11-16-7-4-5-9-18(16)23/h4-5,7,9,13,17H,6,8,10-12H2,1-3H3/t13-,17+/m1/s1. The lowest BCUT2D eigenvalue weighted by Crippen LogP contribution is -2.42. The number of aromatic nitrogens is 1. The molecule has 25 heavy (non-hydrogen) atoms. The number of carbonyl (C=O) groups is 1. The van der Waals surface area contributed by atoms with E-state index in [4.69, 9.17) is 4.52 Å². The van der Waals surface area contributed by atoms with Crippen molar-refractivity contribution in [2.24, 2.45) is 0 Å². The molecule has 1 aromatic heterocycles. The van der Waals surface area contributed by atoms with Gasteiger partial charge in [0.2, 0.25) is 5.91 Å². The van der Waals surface area contributed by atoms with Gasteiger partial charge in [-0.3, -0.25) is 9.69 Å². The van der Waals surface area contributed by atoms with Crippen LogP contribution in [0.25, 0.3) is 0 Å². The molecule has 0 radical (unpaired) electrons. The summed E-state index contributed by atoms with van der Waals surface area (Å²) in [7, 11) is 0. The van der Waals surface area contributed by atoms with Crippen molar-refractivity contribution in [2.75, 3.05) is 18.0 Å². The molecule has 0 N–H and O–H groups in total. The molecular weight excluding hydrogens is 314 g/mol. The van der Waals surface area contributed by atoms with E-state index in [0.29, 0.717) is 6.04 Å². The number of hydrogen-bond acceptors (Lipinski definition) is 4. The van der Waals surface area contributed by atoms with Crippen LogP contribution in [-0.4, -0.2) is 35.1 Å². The van der Waals surface area contributed by atoms with Crippen molar-refractivity contribution in [3.8, 4) is 0 Å². The molecular formula is C20H25N3O2. The van der Waals surface area contributed by atoms with Crippen LogP contribution in [0.15, 0.2) is 28.8 Å². The third-order valence-electron chi connectivity index (χ3n) is 5.71. The summed E-state index contributed by atoms with van der Waals surface area (Å²) in [5.74, 6) is 0.617. The Balaban J connectivity index is 1.71. The van der Waals surface area contributed by atoms with E-state index < -0.39 is 0 Å². The zero-order valence-corrected chi connectivity index (χ0v) is 15.2. The highest BCUT2D eigenvalue weighted by Gasteiger charge is 2.36. The first kappa shape index (κ1) is 16.3. The summed E-state index contributed by atoms with van der Waals surface area (Å²) in [5, 5.41) is 4.03. The zero-order chi connectivity index (χ0) is 17.6. The molecule has 5 heteroatoms. The largest absolute Gasteiger partial charge is 0.361 e. The minimum atomic E-state index is -0.257. The molecule has 2 aromatic rings. The van der Waals surface area contributed by atoms with Crippen LogP contribution in [0.4, 0.5) is 5.69 Å². The molecule has 2 aliphatic rings. The Kier molecular flexibility index (Phi) is 4.12. The van der Waals surface area contributed by atoms with E-state index in [1.807, 2.05) is 31.7 Å². The highest BCUT2D eigenvalue weighted by molar-refractivity contribution is 5.99. The van der Waals surface area contributed by atoms with Crippen LogP contribution in [-0.2, 0) is 11.3 Å². The molecule has 0 spiro atoms. The Morgan fingerprint density at radius 2 is 2.12 bits per heavy atom. The third kappa shape index (κ3) is 2.76. The van der Waals surface area contributed by atoms with Crippen LogP contribution in [0.5, 0.6) is 0 Å². The van der Waals surface area contributed by atoms with Crippen LogP contribution in [0, 0.1) is 13.8 Å². The molecule has 1 amide bonds. The van der Waals surface area contributed by atoms with Gasteiger partial charge in [0.25, 0.3) is 0 Å². The molecule has 3 heterocycles. The number of carbonyl (C=O) groups excluding carboxylic acids is 1. The lowest BCUT2D eigenvalue weighted by molar-refractivity contribution is -0.119. The predicted octanol–water partition coefficient (Wildman–Crippen LogP) is 3.41. The topological polar surface area (TPSA) is 49.6 Å². The number of para-hydroxylation sites is 1. The highest BCUT2D eigenvalue weighted by Crippen LogP contribution is 2.34. The fourth-order valence-electron chi connectivity index (χ4n) is 4.42. The number of aryl methyl sites for hydroxylation is 2. The first-order chi connectivity index (χ1) is 12.1. The van der Waals surface area contributed by atoms with Crippen LogP contribution in [0.2, 0.25) is 0 Å². The number of rotatable bonds is 2. The number of fused-ring (bicyclic) bond motifs is 2. The first-order valence-electron chi connectivity index (χ1n) is 9.12. The van der Waals surface area contributed by atoms with Crippen LogP contribution in [0.1, 0.15) is 48.3 Å². The summed E-state index contributed by atoms with van der Waals surface area (Å²) in [6.07, 6.45) is 2.38. The molecule has 1 aromatic carbocycles. The first-order valence-corrected chi connectivity index (χ1v) is 9.12. The number of nitrogens with zero attached hydrogens (tertiary/aromatic N) is 3. The van der Waals surface area contributed by atoms with Gasteiger partial charge < -0.3 is 9.42 Å². The Morgan fingerprint density at radius 1 is 1.32 bits per heavy atom. The predicted molar refractivity (Wildman–Crippen MR) is 96.6 cm³/mol. The quantitative estimate of drug-likeness (QED) is 0.841. The second kappa shape index (κ2) is 6.30. The van der Waals surface area contributed by atoms with E-state index in [2.05, 4.69) is 28.3 Å².